The molecule has 1 saturated heterocycles. The van der Waals surface area contributed by atoms with Gasteiger partial charge in [-0.25, -0.2) is 0 Å². The Bertz CT molecular complexity index is 1080. The zero-order valence-electron chi connectivity index (χ0n) is 19.6. The van der Waals surface area contributed by atoms with Crippen molar-refractivity contribution in [2.45, 2.75) is 57.5 Å². The van der Waals surface area contributed by atoms with E-state index < -0.39 is 15.2 Å². The summed E-state index contributed by atoms with van der Waals surface area (Å²) >= 11 is 0. The van der Waals surface area contributed by atoms with Crippen LogP contribution in [-0.2, 0) is 9.31 Å². The molecule has 160 valence electrons. The molecule has 0 bridgehead atoms. The van der Waals surface area contributed by atoms with Crippen LogP contribution in [0.1, 0.15) is 38.8 Å². The molecule has 0 radical (unpaired) electrons. The highest BCUT2D eigenvalue weighted by Gasteiger charge is 2.54. The van der Waals surface area contributed by atoms with Gasteiger partial charge in [-0.2, -0.15) is 0 Å². The average Bonchev–Trinajstić information content (AvgIpc) is 2.96. The highest BCUT2D eigenvalue weighted by molar-refractivity contribution is 6.92. The predicted octanol–water partition coefficient (Wildman–Crippen LogP) is 6.27. The summed E-state index contributed by atoms with van der Waals surface area (Å²) in [6.45, 7) is 17.9. The van der Waals surface area contributed by atoms with Gasteiger partial charge in [0.1, 0.15) is 0 Å². The van der Waals surface area contributed by atoms with Crippen molar-refractivity contribution in [1.82, 2.24) is 0 Å². The molecule has 1 heterocycles. The van der Waals surface area contributed by atoms with Gasteiger partial charge in [0.25, 0.3) is 0 Å². The van der Waals surface area contributed by atoms with Gasteiger partial charge in [-0.1, -0.05) is 91.1 Å². The molecule has 31 heavy (non-hydrogen) atoms. The lowest BCUT2D eigenvalue weighted by molar-refractivity contribution is 0.00578. The lowest BCUT2D eigenvalue weighted by Gasteiger charge is -2.36. The highest BCUT2D eigenvalue weighted by atomic mass is 28.3. The van der Waals surface area contributed by atoms with Crippen molar-refractivity contribution in [2.75, 3.05) is 0 Å². The fraction of sp³-hybridized carbons (Fsp3) is 0.333. The quantitative estimate of drug-likeness (QED) is 0.446. The van der Waals surface area contributed by atoms with E-state index in [4.69, 9.17) is 9.31 Å². The molecule has 3 aromatic rings. The summed E-state index contributed by atoms with van der Waals surface area (Å²) in [6.07, 6.45) is 0. The first kappa shape index (κ1) is 22.1. The number of benzene rings is 3. The van der Waals surface area contributed by atoms with Crippen LogP contribution in [0.25, 0.3) is 10.8 Å². The fourth-order valence-electron chi connectivity index (χ4n) is 4.72. The Labute approximate surface area is 188 Å². The largest absolute Gasteiger partial charge is 0.490 e. The van der Waals surface area contributed by atoms with Crippen LogP contribution in [-0.4, -0.2) is 26.4 Å². The Kier molecular flexibility index (Phi) is 5.53. The van der Waals surface area contributed by atoms with Crippen molar-refractivity contribution in [3.8, 4) is 0 Å². The number of fused-ring (bicyclic) bond motifs is 1. The van der Waals surface area contributed by atoms with E-state index in [1.165, 1.54) is 21.5 Å². The van der Waals surface area contributed by atoms with E-state index >= 15 is 0 Å². The van der Waals surface area contributed by atoms with Gasteiger partial charge in [0.05, 0.1) is 19.3 Å². The second-order valence-electron chi connectivity index (χ2n) is 10.3. The van der Waals surface area contributed by atoms with Crippen LogP contribution in [0.15, 0.2) is 84.8 Å². The number of allylic oxidation sites excluding steroid dienone is 1. The Balaban J connectivity index is 1.87. The van der Waals surface area contributed by atoms with Gasteiger partial charge < -0.3 is 9.31 Å². The monoisotopic (exact) mass is 428 g/mol. The molecule has 4 heteroatoms. The highest BCUT2D eigenvalue weighted by Crippen LogP contribution is 2.44. The standard InChI is InChI=1S/C27H33BO2Si/c1-20(28-29-26(2,3)27(4,5)30-28)25(31(6,7)22-16-9-8-10-17-22)24-19-13-15-21-14-11-12-18-23(21)24/h8-19,25H,1H2,2-7H3/t25-/m1/s1. The molecular weight excluding hydrogens is 395 g/mol. The maximum absolute atomic E-state index is 6.47. The van der Waals surface area contributed by atoms with E-state index in [0.29, 0.717) is 0 Å². The topological polar surface area (TPSA) is 18.5 Å². The molecule has 1 aliphatic rings. The Hall–Kier alpha value is -2.14. The molecule has 0 amide bonds. The Morgan fingerprint density at radius 2 is 1.35 bits per heavy atom. The van der Waals surface area contributed by atoms with Gasteiger partial charge in [-0.05, 0) is 49.5 Å². The molecule has 1 fully saturated rings. The first-order valence-corrected chi connectivity index (χ1v) is 14.2. The van der Waals surface area contributed by atoms with Crippen LogP contribution in [0, 0.1) is 0 Å². The van der Waals surface area contributed by atoms with Crippen molar-refractivity contribution in [3.05, 3.63) is 90.4 Å². The summed E-state index contributed by atoms with van der Waals surface area (Å²) in [4.78, 5) is 0. The zero-order chi connectivity index (χ0) is 22.4. The summed E-state index contributed by atoms with van der Waals surface area (Å²) in [6, 6.07) is 26.2. The molecule has 0 saturated carbocycles. The molecule has 0 aliphatic carbocycles. The summed E-state index contributed by atoms with van der Waals surface area (Å²) in [5.74, 6) is 0. The van der Waals surface area contributed by atoms with E-state index in [0.717, 1.165) is 5.47 Å². The number of rotatable bonds is 5. The normalized spacial score (nSPS) is 18.8. The van der Waals surface area contributed by atoms with Crippen LogP contribution in [0.4, 0.5) is 0 Å². The van der Waals surface area contributed by atoms with Crippen LogP contribution in [0.3, 0.4) is 0 Å². The molecule has 1 aliphatic heterocycles. The van der Waals surface area contributed by atoms with E-state index in [-0.39, 0.29) is 16.7 Å². The second-order valence-corrected chi connectivity index (χ2v) is 14.9. The maximum atomic E-state index is 6.47. The zero-order valence-corrected chi connectivity index (χ0v) is 20.6. The molecule has 3 aromatic carbocycles. The molecule has 1 atom stereocenters. The van der Waals surface area contributed by atoms with Gasteiger partial charge in [-0.3, -0.25) is 0 Å². The molecule has 0 aromatic heterocycles. The maximum Gasteiger partial charge on any atom is 0.490 e. The Morgan fingerprint density at radius 3 is 2.00 bits per heavy atom. The van der Waals surface area contributed by atoms with Gasteiger partial charge in [0.15, 0.2) is 0 Å². The lowest BCUT2D eigenvalue weighted by atomic mass is 9.75. The van der Waals surface area contributed by atoms with Crippen LogP contribution < -0.4 is 5.19 Å². The molecule has 4 rings (SSSR count). The molecule has 0 unspecified atom stereocenters. The van der Waals surface area contributed by atoms with Crippen LogP contribution >= 0.6 is 0 Å². The van der Waals surface area contributed by atoms with E-state index in [1.54, 1.807) is 0 Å². The number of hydrogen-bond acceptors (Lipinski definition) is 2. The summed E-state index contributed by atoms with van der Waals surface area (Å²) < 4.78 is 12.9. The third-order valence-electron chi connectivity index (χ3n) is 7.30. The van der Waals surface area contributed by atoms with Crippen LogP contribution in [0.2, 0.25) is 13.1 Å². The lowest BCUT2D eigenvalue weighted by Crippen LogP contribution is -2.50. The summed E-state index contributed by atoms with van der Waals surface area (Å²) in [7, 11) is -2.48. The SMILES string of the molecule is C=C(B1OC(C)(C)C(C)(C)O1)[C@H](c1cccc2ccccc12)[Si](C)(C)c1ccccc1. The minimum atomic E-state index is -2.05. The second kappa shape index (κ2) is 7.77. The van der Waals surface area contributed by atoms with Gasteiger partial charge in [0, 0.05) is 5.54 Å². The van der Waals surface area contributed by atoms with Crippen molar-refractivity contribution < 1.29 is 9.31 Å². The van der Waals surface area contributed by atoms with Crippen molar-refractivity contribution in [3.63, 3.8) is 0 Å². The third-order valence-corrected chi connectivity index (χ3v) is 11.2. The third kappa shape index (κ3) is 3.82. The van der Waals surface area contributed by atoms with E-state index in [1.807, 2.05) is 0 Å². The van der Waals surface area contributed by atoms with E-state index in [2.05, 4.69) is 120 Å². The van der Waals surface area contributed by atoms with Crippen molar-refractivity contribution in [2.24, 2.45) is 0 Å². The van der Waals surface area contributed by atoms with Crippen molar-refractivity contribution in [1.29, 1.82) is 0 Å². The minimum absolute atomic E-state index is 0.149. The van der Waals surface area contributed by atoms with Crippen molar-refractivity contribution >= 4 is 31.2 Å². The molecular formula is C27H33BO2Si. The molecule has 2 nitrogen and oxygen atoms in total. The molecule has 0 spiro atoms. The van der Waals surface area contributed by atoms with Crippen LogP contribution in [0.5, 0.6) is 0 Å². The number of hydrogen-bond donors (Lipinski definition) is 0. The van der Waals surface area contributed by atoms with Gasteiger partial charge in [0.2, 0.25) is 0 Å². The predicted molar refractivity (Wildman–Crippen MR) is 135 cm³/mol. The fourth-order valence-corrected chi connectivity index (χ4v) is 8.20. The summed E-state index contributed by atoms with van der Waals surface area (Å²) in [5.41, 5.74) is 1.72. The summed E-state index contributed by atoms with van der Waals surface area (Å²) in [5, 5.41) is 3.94. The Morgan fingerprint density at radius 1 is 0.806 bits per heavy atom. The smallest absolute Gasteiger partial charge is 0.400 e. The van der Waals surface area contributed by atoms with E-state index in [9.17, 15) is 0 Å². The average molecular weight is 428 g/mol. The van der Waals surface area contributed by atoms with Gasteiger partial charge in [-0.15, -0.1) is 6.58 Å². The molecule has 0 N–H and O–H groups in total. The first-order valence-electron chi connectivity index (χ1n) is 11.1. The minimum Gasteiger partial charge on any atom is -0.400 e. The van der Waals surface area contributed by atoms with Gasteiger partial charge >= 0.3 is 7.12 Å². The first-order chi connectivity index (χ1) is 14.5.